The third kappa shape index (κ3) is 3.95. The molecule has 8 heteroatoms. The molecule has 8 nitrogen and oxygen atoms in total. The van der Waals surface area contributed by atoms with Gasteiger partial charge in [0.25, 0.3) is 11.5 Å². The van der Waals surface area contributed by atoms with Gasteiger partial charge in [-0.2, -0.15) is 5.26 Å². The van der Waals surface area contributed by atoms with E-state index in [9.17, 15) is 9.59 Å². The number of nitrogens with zero attached hydrogens (tertiary/aromatic N) is 5. The number of aryl methyl sites for hydroxylation is 1. The first kappa shape index (κ1) is 21.5. The predicted molar refractivity (Wildman–Crippen MR) is 122 cm³/mol. The maximum absolute atomic E-state index is 13.0. The van der Waals surface area contributed by atoms with Crippen LogP contribution >= 0.6 is 0 Å². The van der Waals surface area contributed by atoms with Crippen molar-refractivity contribution in [2.45, 2.75) is 26.8 Å². The number of rotatable bonds is 4. The molecule has 1 saturated heterocycles. The average molecular weight is 431 g/mol. The molecule has 0 unspecified atom stereocenters. The van der Waals surface area contributed by atoms with Crippen LogP contribution in [0.3, 0.4) is 0 Å². The van der Waals surface area contributed by atoms with E-state index >= 15 is 0 Å². The van der Waals surface area contributed by atoms with Crippen LogP contribution in [0.1, 0.15) is 35.3 Å². The van der Waals surface area contributed by atoms with E-state index in [0.717, 1.165) is 30.8 Å². The molecular weight excluding hydrogens is 404 g/mol. The number of pyridine rings is 1. The summed E-state index contributed by atoms with van der Waals surface area (Å²) in [7, 11) is 0. The molecule has 1 aromatic carbocycles. The van der Waals surface area contributed by atoms with Crippen LogP contribution in [0.15, 0.2) is 47.5 Å². The molecule has 1 aliphatic heterocycles. The molecule has 3 aromatic rings. The van der Waals surface area contributed by atoms with E-state index in [4.69, 9.17) is 5.26 Å². The number of aromatic nitrogens is 3. The number of likely N-dealkylation sites (N-methyl/N-ethyl adjacent to an activating group) is 1. The van der Waals surface area contributed by atoms with Crippen LogP contribution in [0, 0.1) is 18.3 Å². The normalized spacial score (nSPS) is 16.7. The highest BCUT2D eigenvalue weighted by Crippen LogP contribution is 2.21. The van der Waals surface area contributed by atoms with Gasteiger partial charge < -0.3 is 4.90 Å². The zero-order valence-electron chi connectivity index (χ0n) is 18.5. The second-order valence-corrected chi connectivity index (χ2v) is 8.12. The third-order valence-corrected chi connectivity index (χ3v) is 6.06. The van der Waals surface area contributed by atoms with Gasteiger partial charge in [0.05, 0.1) is 22.8 Å². The minimum Gasteiger partial charge on any atom is -0.333 e. The van der Waals surface area contributed by atoms with Gasteiger partial charge in [-0.1, -0.05) is 13.0 Å². The number of nitriles is 1. The van der Waals surface area contributed by atoms with Crippen molar-refractivity contribution in [2.75, 3.05) is 26.2 Å². The summed E-state index contributed by atoms with van der Waals surface area (Å²) >= 11 is 0. The molecule has 1 atom stereocenters. The lowest BCUT2D eigenvalue weighted by molar-refractivity contribution is 0.0499. The number of benzene rings is 1. The van der Waals surface area contributed by atoms with Crippen LogP contribution in [0.5, 0.6) is 0 Å². The summed E-state index contributed by atoms with van der Waals surface area (Å²) in [4.78, 5) is 34.5. The number of carbonyl (C=O) groups is 1. The van der Waals surface area contributed by atoms with Crippen molar-refractivity contribution < 1.29 is 4.79 Å². The van der Waals surface area contributed by atoms with E-state index in [0.29, 0.717) is 29.1 Å². The summed E-state index contributed by atoms with van der Waals surface area (Å²) in [5, 5.41) is 12.0. The molecule has 1 amide bonds. The van der Waals surface area contributed by atoms with Gasteiger partial charge >= 0.3 is 0 Å². The maximum Gasteiger partial charge on any atom is 0.280 e. The van der Waals surface area contributed by atoms with E-state index in [2.05, 4.69) is 34.9 Å². The fraction of sp³-hybridized carbons (Fsp3) is 0.333. The van der Waals surface area contributed by atoms with Gasteiger partial charge in [-0.05, 0) is 55.8 Å². The molecule has 0 saturated carbocycles. The molecule has 32 heavy (non-hydrogen) atoms. The Morgan fingerprint density at radius 2 is 2.06 bits per heavy atom. The summed E-state index contributed by atoms with van der Waals surface area (Å²) in [5.74, 6) is 0.369. The average Bonchev–Trinajstić information content (AvgIpc) is 3.19. The lowest BCUT2D eigenvalue weighted by Crippen LogP contribution is -2.53. The molecule has 164 valence electrons. The van der Waals surface area contributed by atoms with E-state index in [1.807, 2.05) is 11.8 Å². The van der Waals surface area contributed by atoms with Gasteiger partial charge in [0.15, 0.2) is 5.82 Å². The van der Waals surface area contributed by atoms with Crippen molar-refractivity contribution in [2.24, 2.45) is 0 Å². The Bertz CT molecular complexity index is 1230. The molecule has 0 radical (unpaired) electrons. The Morgan fingerprint density at radius 1 is 1.25 bits per heavy atom. The molecular formula is C24H26N6O2. The predicted octanol–water partition coefficient (Wildman–Crippen LogP) is 2.57. The van der Waals surface area contributed by atoms with Crippen molar-refractivity contribution >= 4 is 5.91 Å². The Hall–Kier alpha value is -3.70. The highest BCUT2D eigenvalue weighted by Gasteiger charge is 2.27. The second kappa shape index (κ2) is 8.81. The van der Waals surface area contributed by atoms with E-state index < -0.39 is 0 Å². The topological polar surface area (TPSA) is 98.0 Å². The van der Waals surface area contributed by atoms with Gasteiger partial charge in [0.1, 0.15) is 0 Å². The minimum atomic E-state index is -0.242. The smallest absolute Gasteiger partial charge is 0.280 e. The molecule has 0 spiro atoms. The molecule has 0 aliphatic carbocycles. The van der Waals surface area contributed by atoms with Crippen molar-refractivity contribution in [1.29, 1.82) is 5.26 Å². The molecule has 1 N–H and O–H groups in total. The maximum atomic E-state index is 13.0. The van der Waals surface area contributed by atoms with Gasteiger partial charge in [-0.15, -0.1) is 0 Å². The standard InChI is InChI=1S/C24H26N6O2/c1-4-28-9-10-29(17(3)15-28)23(31)19-6-8-22(26-13-19)30-24(32)21(14-27-30)20-7-5-18(12-25)11-16(20)2/h5-8,11,13-14,17,27H,4,9-10,15H2,1-3H3/t17-/m1/s1. The SMILES string of the molecule is CCN1CCN(C(=O)c2ccc(-n3[nH]cc(-c4ccc(C#N)cc4C)c3=O)nc2)[C@H](C)C1. The summed E-state index contributed by atoms with van der Waals surface area (Å²) in [6, 6.07) is 10.9. The largest absolute Gasteiger partial charge is 0.333 e. The van der Waals surface area contributed by atoms with Gasteiger partial charge in [-0.25, -0.2) is 9.67 Å². The van der Waals surface area contributed by atoms with E-state index in [1.165, 1.54) is 10.9 Å². The van der Waals surface area contributed by atoms with Crippen LogP contribution in [0.2, 0.25) is 0 Å². The van der Waals surface area contributed by atoms with Crippen LogP contribution in [0.4, 0.5) is 0 Å². The van der Waals surface area contributed by atoms with Gasteiger partial charge in [0.2, 0.25) is 0 Å². The van der Waals surface area contributed by atoms with Gasteiger partial charge in [-0.3, -0.25) is 19.6 Å². The fourth-order valence-electron chi connectivity index (χ4n) is 4.20. The Morgan fingerprint density at radius 3 is 2.69 bits per heavy atom. The molecule has 1 aliphatic rings. The molecule has 2 aromatic heterocycles. The third-order valence-electron chi connectivity index (χ3n) is 6.06. The molecule has 3 heterocycles. The van der Waals surface area contributed by atoms with Crippen molar-refractivity contribution in [1.82, 2.24) is 24.6 Å². The Labute approximate surface area is 186 Å². The number of hydrogen-bond donors (Lipinski definition) is 1. The number of aromatic amines is 1. The summed E-state index contributed by atoms with van der Waals surface area (Å²) in [6.45, 7) is 9.47. The number of amides is 1. The van der Waals surface area contributed by atoms with Crippen LogP contribution in [-0.2, 0) is 0 Å². The number of nitrogens with one attached hydrogen (secondary N) is 1. The van der Waals surface area contributed by atoms with Crippen molar-refractivity contribution in [3.8, 4) is 23.0 Å². The first-order valence-electron chi connectivity index (χ1n) is 10.7. The zero-order chi connectivity index (χ0) is 22.8. The highest BCUT2D eigenvalue weighted by molar-refractivity contribution is 5.94. The number of hydrogen-bond acceptors (Lipinski definition) is 5. The van der Waals surface area contributed by atoms with E-state index in [-0.39, 0.29) is 17.5 Å². The second-order valence-electron chi connectivity index (χ2n) is 8.12. The molecule has 1 fully saturated rings. The monoisotopic (exact) mass is 430 g/mol. The van der Waals surface area contributed by atoms with Crippen LogP contribution in [0.25, 0.3) is 16.9 Å². The summed E-state index contributed by atoms with van der Waals surface area (Å²) in [6.07, 6.45) is 3.16. The lowest BCUT2D eigenvalue weighted by atomic mass is 10.0. The summed E-state index contributed by atoms with van der Waals surface area (Å²) < 4.78 is 1.35. The van der Waals surface area contributed by atoms with Crippen molar-refractivity contribution in [3.63, 3.8) is 0 Å². The molecule has 0 bridgehead atoms. The molecule has 4 rings (SSSR count). The van der Waals surface area contributed by atoms with Crippen LogP contribution < -0.4 is 5.56 Å². The number of piperazine rings is 1. The van der Waals surface area contributed by atoms with Gasteiger partial charge in [0, 0.05) is 38.1 Å². The van der Waals surface area contributed by atoms with Crippen molar-refractivity contribution in [3.05, 3.63) is 69.8 Å². The fourth-order valence-corrected chi connectivity index (χ4v) is 4.20. The first-order valence-corrected chi connectivity index (χ1v) is 10.7. The number of carbonyl (C=O) groups excluding carboxylic acids is 1. The quantitative estimate of drug-likeness (QED) is 0.686. The Kier molecular flexibility index (Phi) is 5.93. The number of H-pyrrole nitrogens is 1. The first-order chi connectivity index (χ1) is 15.4. The lowest BCUT2D eigenvalue weighted by Gasteiger charge is -2.39. The summed E-state index contributed by atoms with van der Waals surface area (Å²) in [5.41, 5.74) is 2.92. The Balaban J connectivity index is 1.56. The zero-order valence-corrected chi connectivity index (χ0v) is 18.5. The highest BCUT2D eigenvalue weighted by atomic mass is 16.2. The minimum absolute atomic E-state index is 0.0416. The van der Waals surface area contributed by atoms with E-state index in [1.54, 1.807) is 36.5 Å². The van der Waals surface area contributed by atoms with Crippen LogP contribution in [-0.4, -0.2) is 62.7 Å².